The number of alkyl halides is 3. The van der Waals surface area contributed by atoms with Crippen LogP contribution in [0.5, 0.6) is 0 Å². The lowest BCUT2D eigenvalue weighted by atomic mass is 10.2. The van der Waals surface area contributed by atoms with Crippen LogP contribution in [0.3, 0.4) is 0 Å². The van der Waals surface area contributed by atoms with Crippen LogP contribution in [-0.4, -0.2) is 5.71 Å². The second kappa shape index (κ2) is 5.67. The van der Waals surface area contributed by atoms with Crippen LogP contribution in [0.15, 0.2) is 21.7 Å². The lowest BCUT2D eigenvalue weighted by Crippen LogP contribution is -2.07. The van der Waals surface area contributed by atoms with Crippen molar-refractivity contribution >= 4 is 27.3 Å². The second-order valence-corrected chi connectivity index (χ2v) is 3.91. The molecular weight excluding hydrogens is 332 g/mol. The molecule has 0 saturated heterocycles. The SMILES string of the molecule is N#CC(C#N)=NNc1cc(C(F)(F)F)cc(F)c1Br. The molecule has 1 rings (SSSR count). The zero-order valence-corrected chi connectivity index (χ0v) is 10.5. The number of rotatable bonds is 2. The van der Waals surface area contributed by atoms with Crippen LogP contribution in [0.4, 0.5) is 23.2 Å². The van der Waals surface area contributed by atoms with Gasteiger partial charge in [-0.2, -0.15) is 28.8 Å². The predicted molar refractivity (Wildman–Crippen MR) is 61.4 cm³/mol. The first kappa shape index (κ1) is 14.9. The fraction of sp³-hybridized carbons (Fsp3) is 0.100. The molecule has 0 aliphatic carbocycles. The number of nitrogens with zero attached hydrogens (tertiary/aromatic N) is 3. The second-order valence-electron chi connectivity index (χ2n) is 3.11. The van der Waals surface area contributed by atoms with Crippen molar-refractivity contribution in [2.24, 2.45) is 5.10 Å². The summed E-state index contributed by atoms with van der Waals surface area (Å²) in [4.78, 5) is 0. The summed E-state index contributed by atoms with van der Waals surface area (Å²) < 4.78 is 50.4. The molecule has 0 radical (unpaired) electrons. The maximum absolute atomic E-state index is 13.3. The van der Waals surface area contributed by atoms with Gasteiger partial charge in [-0.05, 0) is 28.1 Å². The van der Waals surface area contributed by atoms with Gasteiger partial charge in [-0.15, -0.1) is 0 Å². The van der Waals surface area contributed by atoms with E-state index in [0.717, 1.165) is 0 Å². The number of halogens is 5. The quantitative estimate of drug-likeness (QED) is 0.511. The molecule has 0 saturated carbocycles. The molecule has 1 aromatic carbocycles. The van der Waals surface area contributed by atoms with E-state index in [2.05, 4.69) is 21.0 Å². The Kier molecular flexibility index (Phi) is 4.46. The van der Waals surface area contributed by atoms with Gasteiger partial charge in [0.25, 0.3) is 0 Å². The van der Waals surface area contributed by atoms with E-state index >= 15 is 0 Å². The number of hydrazone groups is 1. The maximum atomic E-state index is 13.3. The molecule has 0 heterocycles. The van der Waals surface area contributed by atoms with Gasteiger partial charge < -0.3 is 0 Å². The lowest BCUT2D eigenvalue weighted by Gasteiger charge is -2.11. The van der Waals surface area contributed by atoms with Crippen molar-refractivity contribution in [2.75, 3.05) is 5.43 Å². The van der Waals surface area contributed by atoms with Crippen LogP contribution in [0.1, 0.15) is 5.56 Å². The van der Waals surface area contributed by atoms with Gasteiger partial charge in [-0.25, -0.2) is 4.39 Å². The molecule has 0 aliphatic rings. The predicted octanol–water partition coefficient (Wildman–Crippen LogP) is 3.42. The van der Waals surface area contributed by atoms with Gasteiger partial charge in [-0.3, -0.25) is 5.43 Å². The first-order valence-corrected chi connectivity index (χ1v) is 5.29. The zero-order chi connectivity index (χ0) is 14.6. The Balaban J connectivity index is 3.23. The third-order valence-corrected chi connectivity index (χ3v) is 2.66. The molecular formula is C10H3BrF4N4. The van der Waals surface area contributed by atoms with E-state index in [-0.39, 0.29) is 10.2 Å². The van der Waals surface area contributed by atoms with Crippen LogP contribution in [0, 0.1) is 28.5 Å². The Bertz CT molecular complexity index is 594. The highest BCUT2D eigenvalue weighted by atomic mass is 79.9. The highest BCUT2D eigenvalue weighted by molar-refractivity contribution is 9.10. The summed E-state index contributed by atoms with van der Waals surface area (Å²) in [5, 5.41) is 20.0. The number of nitriles is 2. The molecule has 0 amide bonds. The lowest BCUT2D eigenvalue weighted by molar-refractivity contribution is -0.137. The minimum absolute atomic E-state index is 0.292. The van der Waals surface area contributed by atoms with Crippen molar-refractivity contribution in [3.63, 3.8) is 0 Å². The molecule has 1 aromatic rings. The number of hydrogen-bond acceptors (Lipinski definition) is 4. The van der Waals surface area contributed by atoms with Crippen molar-refractivity contribution in [3.8, 4) is 12.1 Å². The summed E-state index contributed by atoms with van der Waals surface area (Å²) in [6.45, 7) is 0. The Labute approximate surface area is 113 Å². The minimum atomic E-state index is -4.73. The standard InChI is InChI=1S/C10H3BrF4N4/c11-9-7(12)1-5(10(13,14)15)2-8(9)19-18-6(3-16)4-17/h1-2,19H. The highest BCUT2D eigenvalue weighted by Gasteiger charge is 2.32. The molecule has 0 fully saturated rings. The first-order valence-electron chi connectivity index (χ1n) is 4.49. The fourth-order valence-corrected chi connectivity index (χ4v) is 1.34. The third kappa shape index (κ3) is 3.66. The Morgan fingerprint density at radius 1 is 1.26 bits per heavy atom. The van der Waals surface area contributed by atoms with E-state index < -0.39 is 23.3 Å². The number of hydrogen-bond donors (Lipinski definition) is 1. The van der Waals surface area contributed by atoms with Gasteiger partial charge >= 0.3 is 6.18 Å². The molecule has 0 aliphatic heterocycles. The van der Waals surface area contributed by atoms with Crippen LogP contribution >= 0.6 is 15.9 Å². The summed E-state index contributed by atoms with van der Waals surface area (Å²) >= 11 is 2.74. The van der Waals surface area contributed by atoms with Crippen molar-refractivity contribution in [1.29, 1.82) is 10.5 Å². The molecule has 0 aromatic heterocycles. The van der Waals surface area contributed by atoms with Gasteiger partial charge in [0, 0.05) is 0 Å². The molecule has 4 nitrogen and oxygen atoms in total. The minimum Gasteiger partial charge on any atom is -0.275 e. The third-order valence-electron chi connectivity index (χ3n) is 1.86. The molecule has 0 unspecified atom stereocenters. The summed E-state index contributed by atoms with van der Waals surface area (Å²) in [6, 6.07) is 3.71. The highest BCUT2D eigenvalue weighted by Crippen LogP contribution is 2.35. The van der Waals surface area contributed by atoms with Crippen LogP contribution in [-0.2, 0) is 6.18 Å². The van der Waals surface area contributed by atoms with E-state index in [1.807, 2.05) is 5.43 Å². The Hall–Kier alpha value is -2.13. The van der Waals surface area contributed by atoms with E-state index in [1.165, 1.54) is 12.1 Å². The molecule has 0 spiro atoms. The smallest absolute Gasteiger partial charge is 0.275 e. The van der Waals surface area contributed by atoms with Crippen LogP contribution < -0.4 is 5.43 Å². The van der Waals surface area contributed by atoms with Crippen LogP contribution in [0.25, 0.3) is 0 Å². The molecule has 9 heteroatoms. The molecule has 0 atom stereocenters. The molecule has 19 heavy (non-hydrogen) atoms. The average Bonchev–Trinajstić information content (AvgIpc) is 2.33. The fourth-order valence-electron chi connectivity index (χ4n) is 1.03. The van der Waals surface area contributed by atoms with Crippen molar-refractivity contribution < 1.29 is 17.6 Å². The van der Waals surface area contributed by atoms with Crippen molar-refractivity contribution in [1.82, 2.24) is 0 Å². The maximum Gasteiger partial charge on any atom is 0.416 e. The van der Waals surface area contributed by atoms with Crippen LogP contribution in [0.2, 0.25) is 0 Å². The monoisotopic (exact) mass is 334 g/mol. The van der Waals surface area contributed by atoms with Crippen molar-refractivity contribution in [2.45, 2.75) is 6.18 Å². The number of nitrogens with one attached hydrogen (secondary N) is 1. The first-order chi connectivity index (χ1) is 8.79. The summed E-state index contributed by atoms with van der Waals surface area (Å²) in [5.41, 5.74) is -0.155. The van der Waals surface area contributed by atoms with Gasteiger partial charge in [0.15, 0.2) is 0 Å². The zero-order valence-electron chi connectivity index (χ0n) is 8.89. The topological polar surface area (TPSA) is 72.0 Å². The molecule has 98 valence electrons. The Morgan fingerprint density at radius 3 is 2.32 bits per heavy atom. The number of benzene rings is 1. The molecule has 0 bridgehead atoms. The van der Waals surface area contributed by atoms with Gasteiger partial charge in [-0.1, -0.05) is 0 Å². The average molecular weight is 335 g/mol. The number of anilines is 1. The van der Waals surface area contributed by atoms with Crippen molar-refractivity contribution in [3.05, 3.63) is 28.0 Å². The van der Waals surface area contributed by atoms with E-state index in [1.54, 1.807) is 0 Å². The van der Waals surface area contributed by atoms with E-state index in [0.29, 0.717) is 12.1 Å². The van der Waals surface area contributed by atoms with E-state index in [9.17, 15) is 17.6 Å². The normalized spacial score (nSPS) is 10.3. The van der Waals surface area contributed by atoms with E-state index in [4.69, 9.17) is 10.5 Å². The van der Waals surface area contributed by atoms with Gasteiger partial charge in [0.1, 0.15) is 18.0 Å². The largest absolute Gasteiger partial charge is 0.416 e. The molecule has 1 N–H and O–H groups in total. The summed E-state index contributed by atoms with van der Waals surface area (Å²) in [7, 11) is 0. The summed E-state index contributed by atoms with van der Waals surface area (Å²) in [6.07, 6.45) is -4.73. The van der Waals surface area contributed by atoms with Gasteiger partial charge in [0.2, 0.25) is 5.71 Å². The van der Waals surface area contributed by atoms with Gasteiger partial charge in [0.05, 0.1) is 15.7 Å². The Morgan fingerprint density at radius 2 is 1.84 bits per heavy atom. The summed E-state index contributed by atoms with van der Waals surface area (Å²) in [5.74, 6) is -1.15.